The monoisotopic (exact) mass is 446 g/mol. The number of aliphatic hydroxyl groups excluding tert-OH is 1. The number of anilines is 1. The Bertz CT molecular complexity index is 1240. The van der Waals surface area contributed by atoms with Gasteiger partial charge in [-0.25, -0.2) is 4.98 Å². The summed E-state index contributed by atoms with van der Waals surface area (Å²) in [5.41, 5.74) is 2.38. The Balaban J connectivity index is 1.30. The first-order chi connectivity index (χ1) is 16.2. The highest BCUT2D eigenvalue weighted by Gasteiger charge is 2.26. The van der Waals surface area contributed by atoms with E-state index in [0.717, 1.165) is 59.5 Å². The third-order valence-electron chi connectivity index (χ3n) is 6.14. The summed E-state index contributed by atoms with van der Waals surface area (Å²) >= 11 is 0. The van der Waals surface area contributed by atoms with Crippen molar-refractivity contribution in [3.8, 4) is 22.9 Å². The van der Waals surface area contributed by atoms with E-state index < -0.39 is 0 Å². The highest BCUT2D eigenvalue weighted by molar-refractivity contribution is 5.86. The minimum absolute atomic E-state index is 0.0813. The quantitative estimate of drug-likeness (QED) is 0.472. The van der Waals surface area contributed by atoms with E-state index in [9.17, 15) is 5.11 Å². The zero-order valence-corrected chi connectivity index (χ0v) is 18.7. The summed E-state index contributed by atoms with van der Waals surface area (Å²) in [6, 6.07) is 15.6. The smallest absolute Gasteiger partial charge is 0.230 e. The van der Waals surface area contributed by atoms with Crippen LogP contribution in [0.15, 0.2) is 53.1 Å². The second-order valence-electron chi connectivity index (χ2n) is 8.15. The van der Waals surface area contributed by atoms with Crippen LogP contribution in [0.2, 0.25) is 0 Å². The van der Waals surface area contributed by atoms with Crippen molar-refractivity contribution in [2.24, 2.45) is 0 Å². The van der Waals surface area contributed by atoms with Gasteiger partial charge in [-0.3, -0.25) is 0 Å². The fraction of sp³-hybridized carbons (Fsp3) is 0.320. The summed E-state index contributed by atoms with van der Waals surface area (Å²) in [5, 5.41) is 14.8. The summed E-state index contributed by atoms with van der Waals surface area (Å²) in [4.78, 5) is 11.8. The largest absolute Gasteiger partial charge is 0.497 e. The third kappa shape index (κ3) is 4.21. The zero-order chi connectivity index (χ0) is 22.8. The lowest BCUT2D eigenvalue weighted by molar-refractivity contribution is 0.281. The SMILES string of the molecule is COc1cc(CO)cc(-c2noc(C3CCN(c4ccc5cccc(OC)c5n4)CC3)n2)c1. The van der Waals surface area contributed by atoms with Crippen molar-refractivity contribution in [1.82, 2.24) is 15.1 Å². The minimum atomic E-state index is -0.0813. The molecular formula is C25H26N4O4. The molecule has 8 nitrogen and oxygen atoms in total. The Hall–Kier alpha value is -3.65. The second-order valence-corrected chi connectivity index (χ2v) is 8.15. The number of nitrogens with zero attached hydrogens (tertiary/aromatic N) is 4. The lowest BCUT2D eigenvalue weighted by atomic mass is 9.96. The molecule has 8 heteroatoms. The zero-order valence-electron chi connectivity index (χ0n) is 18.7. The van der Waals surface area contributed by atoms with Gasteiger partial charge in [-0.1, -0.05) is 17.3 Å². The van der Waals surface area contributed by atoms with Crippen molar-refractivity contribution in [1.29, 1.82) is 0 Å². The Morgan fingerprint density at radius 1 is 1.03 bits per heavy atom. The van der Waals surface area contributed by atoms with Gasteiger partial charge >= 0.3 is 0 Å². The number of fused-ring (bicyclic) bond motifs is 1. The maximum atomic E-state index is 9.51. The van der Waals surface area contributed by atoms with Crippen molar-refractivity contribution in [2.45, 2.75) is 25.4 Å². The van der Waals surface area contributed by atoms with Crippen LogP contribution in [-0.2, 0) is 6.61 Å². The van der Waals surface area contributed by atoms with Crippen LogP contribution in [0.1, 0.15) is 30.2 Å². The lowest BCUT2D eigenvalue weighted by Gasteiger charge is -2.31. The Morgan fingerprint density at radius 3 is 2.64 bits per heavy atom. The molecule has 2 aromatic heterocycles. The van der Waals surface area contributed by atoms with Gasteiger partial charge in [-0.15, -0.1) is 0 Å². The number of aliphatic hydroxyl groups is 1. The third-order valence-corrected chi connectivity index (χ3v) is 6.14. The molecule has 1 aliphatic rings. The summed E-state index contributed by atoms with van der Waals surface area (Å²) in [6.07, 6.45) is 1.79. The molecule has 0 radical (unpaired) electrons. The molecule has 3 heterocycles. The summed E-state index contributed by atoms with van der Waals surface area (Å²) in [7, 11) is 3.26. The number of methoxy groups -OCH3 is 2. The average Bonchev–Trinajstić information content (AvgIpc) is 3.38. The van der Waals surface area contributed by atoms with E-state index in [1.807, 2.05) is 30.3 Å². The normalized spacial score (nSPS) is 14.6. The molecule has 4 aromatic rings. The van der Waals surface area contributed by atoms with Crippen molar-refractivity contribution in [2.75, 3.05) is 32.2 Å². The van der Waals surface area contributed by atoms with E-state index >= 15 is 0 Å². The minimum Gasteiger partial charge on any atom is -0.497 e. The lowest BCUT2D eigenvalue weighted by Crippen LogP contribution is -2.33. The van der Waals surface area contributed by atoms with Gasteiger partial charge in [0.05, 0.1) is 20.8 Å². The Kier molecular flexibility index (Phi) is 5.83. The van der Waals surface area contributed by atoms with Crippen LogP contribution in [0, 0.1) is 0 Å². The fourth-order valence-corrected chi connectivity index (χ4v) is 4.32. The molecule has 0 bridgehead atoms. The van der Waals surface area contributed by atoms with Gasteiger partial charge in [-0.2, -0.15) is 4.98 Å². The number of hydrogen-bond donors (Lipinski definition) is 1. The van der Waals surface area contributed by atoms with E-state index in [1.54, 1.807) is 20.3 Å². The molecule has 0 spiro atoms. The molecule has 170 valence electrons. The van der Waals surface area contributed by atoms with Crippen LogP contribution in [0.5, 0.6) is 11.5 Å². The molecule has 0 unspecified atom stereocenters. The van der Waals surface area contributed by atoms with Crippen LogP contribution in [0.3, 0.4) is 0 Å². The van der Waals surface area contributed by atoms with Gasteiger partial charge < -0.3 is 24.0 Å². The molecular weight excluding hydrogens is 420 g/mol. The van der Waals surface area contributed by atoms with Crippen molar-refractivity contribution < 1.29 is 19.1 Å². The van der Waals surface area contributed by atoms with Gasteiger partial charge in [0.1, 0.15) is 22.8 Å². The first kappa shape index (κ1) is 21.2. The van der Waals surface area contributed by atoms with Gasteiger partial charge in [0, 0.05) is 30.0 Å². The van der Waals surface area contributed by atoms with Crippen LogP contribution in [-0.4, -0.2) is 47.5 Å². The summed E-state index contributed by atoms with van der Waals surface area (Å²) in [5.74, 6) is 3.72. The van der Waals surface area contributed by atoms with E-state index in [4.69, 9.17) is 19.0 Å². The maximum absolute atomic E-state index is 9.51. The predicted molar refractivity (Wildman–Crippen MR) is 125 cm³/mol. The number of rotatable bonds is 6. The molecule has 0 amide bonds. The van der Waals surface area contributed by atoms with Crippen LogP contribution < -0.4 is 14.4 Å². The average molecular weight is 447 g/mol. The van der Waals surface area contributed by atoms with Crippen LogP contribution in [0.4, 0.5) is 5.82 Å². The topological polar surface area (TPSA) is 93.7 Å². The van der Waals surface area contributed by atoms with E-state index in [2.05, 4.69) is 27.2 Å². The maximum Gasteiger partial charge on any atom is 0.230 e. The molecule has 5 rings (SSSR count). The number of benzene rings is 2. The van der Waals surface area contributed by atoms with Crippen molar-refractivity contribution in [3.05, 3.63) is 60.0 Å². The molecule has 2 aromatic carbocycles. The standard InChI is InChI=1S/C25H26N4O4/c1-31-20-13-16(15-30)12-19(14-20)24-27-25(33-28-24)18-8-10-29(11-9-18)22-7-6-17-4-3-5-21(32-2)23(17)26-22/h3-7,12-14,18,30H,8-11,15H2,1-2H3. The van der Waals surface area contributed by atoms with Crippen LogP contribution in [0.25, 0.3) is 22.3 Å². The van der Waals surface area contributed by atoms with Crippen molar-refractivity contribution in [3.63, 3.8) is 0 Å². The van der Waals surface area contributed by atoms with E-state index in [0.29, 0.717) is 17.5 Å². The van der Waals surface area contributed by atoms with Crippen LogP contribution >= 0.6 is 0 Å². The number of para-hydroxylation sites is 1. The second kappa shape index (κ2) is 9.07. The Morgan fingerprint density at radius 2 is 1.88 bits per heavy atom. The van der Waals surface area contributed by atoms with Gasteiger partial charge in [-0.05, 0) is 54.8 Å². The van der Waals surface area contributed by atoms with Gasteiger partial charge in [0.15, 0.2) is 0 Å². The number of piperidine rings is 1. The fourth-order valence-electron chi connectivity index (χ4n) is 4.32. The first-order valence-corrected chi connectivity index (χ1v) is 11.0. The molecule has 0 aliphatic carbocycles. The number of ether oxygens (including phenoxy) is 2. The first-order valence-electron chi connectivity index (χ1n) is 11.0. The molecule has 0 saturated carbocycles. The van der Waals surface area contributed by atoms with E-state index in [1.165, 1.54) is 0 Å². The van der Waals surface area contributed by atoms with Gasteiger partial charge in [0.25, 0.3) is 0 Å². The number of pyridine rings is 1. The Labute approximate surface area is 191 Å². The molecule has 1 fully saturated rings. The van der Waals surface area contributed by atoms with Gasteiger partial charge in [0.2, 0.25) is 11.7 Å². The van der Waals surface area contributed by atoms with E-state index in [-0.39, 0.29) is 12.5 Å². The predicted octanol–water partition coefficient (Wildman–Crippen LogP) is 4.18. The highest BCUT2D eigenvalue weighted by Crippen LogP contribution is 2.33. The van der Waals surface area contributed by atoms with Crippen molar-refractivity contribution >= 4 is 16.7 Å². The molecule has 0 atom stereocenters. The molecule has 33 heavy (non-hydrogen) atoms. The summed E-state index contributed by atoms with van der Waals surface area (Å²) < 4.78 is 16.4. The molecule has 1 aliphatic heterocycles. The number of aromatic nitrogens is 3. The summed E-state index contributed by atoms with van der Waals surface area (Å²) in [6.45, 7) is 1.62. The highest BCUT2D eigenvalue weighted by atomic mass is 16.5. The molecule has 1 saturated heterocycles. The number of hydrogen-bond acceptors (Lipinski definition) is 8. The molecule has 1 N–H and O–H groups in total.